The zero-order valence-electron chi connectivity index (χ0n) is 15.0. The van der Waals surface area contributed by atoms with Crippen molar-refractivity contribution in [3.05, 3.63) is 89.0 Å². The van der Waals surface area contributed by atoms with E-state index in [2.05, 4.69) is 5.32 Å². The fraction of sp³-hybridized carbons (Fsp3) is 0.0909. The first-order chi connectivity index (χ1) is 12.9. The van der Waals surface area contributed by atoms with Crippen LogP contribution in [-0.4, -0.2) is 11.9 Å². The molecule has 1 N–H and O–H groups in total. The van der Waals surface area contributed by atoms with E-state index in [9.17, 15) is 14.7 Å². The molecule has 3 rings (SSSR count). The van der Waals surface area contributed by atoms with Gasteiger partial charge >= 0.3 is 0 Å². The minimum atomic E-state index is -1.39. The van der Waals surface area contributed by atoms with Crippen molar-refractivity contribution in [3.8, 4) is 11.5 Å². The second-order valence-corrected chi connectivity index (χ2v) is 6.16. The number of rotatable bonds is 5. The SMILES string of the molecule is Cc1ccc(Oc2ccc(NC(=O)c3ccccc3C(=O)[O-])cc2)cc1C. The highest BCUT2D eigenvalue weighted by Gasteiger charge is 2.12. The third-order valence-electron chi connectivity index (χ3n) is 4.22. The van der Waals surface area contributed by atoms with Crippen LogP contribution in [-0.2, 0) is 0 Å². The highest BCUT2D eigenvalue weighted by Crippen LogP contribution is 2.25. The Kier molecular flexibility index (Phi) is 5.22. The molecule has 27 heavy (non-hydrogen) atoms. The van der Waals surface area contributed by atoms with Crippen LogP contribution in [0.15, 0.2) is 66.7 Å². The van der Waals surface area contributed by atoms with Crippen LogP contribution in [0.4, 0.5) is 5.69 Å². The van der Waals surface area contributed by atoms with Crippen molar-refractivity contribution >= 4 is 17.6 Å². The first kappa shape index (κ1) is 18.2. The number of amides is 1. The van der Waals surface area contributed by atoms with E-state index in [1.54, 1.807) is 36.4 Å². The highest BCUT2D eigenvalue weighted by atomic mass is 16.5. The van der Waals surface area contributed by atoms with Gasteiger partial charge in [0.1, 0.15) is 11.5 Å². The number of anilines is 1. The summed E-state index contributed by atoms with van der Waals surface area (Å²) < 4.78 is 5.81. The maximum absolute atomic E-state index is 12.4. The van der Waals surface area contributed by atoms with Gasteiger partial charge in [0, 0.05) is 16.8 Å². The molecule has 3 aromatic rings. The Balaban J connectivity index is 1.71. The van der Waals surface area contributed by atoms with Gasteiger partial charge in [-0.25, -0.2) is 0 Å². The second-order valence-electron chi connectivity index (χ2n) is 6.16. The van der Waals surface area contributed by atoms with Crippen LogP contribution in [0.25, 0.3) is 0 Å². The average Bonchev–Trinajstić information content (AvgIpc) is 2.66. The molecular weight excluding hydrogens is 342 g/mol. The largest absolute Gasteiger partial charge is 0.545 e. The highest BCUT2D eigenvalue weighted by molar-refractivity contribution is 6.10. The maximum Gasteiger partial charge on any atom is 0.256 e. The van der Waals surface area contributed by atoms with Crippen molar-refractivity contribution in [1.82, 2.24) is 0 Å². The lowest BCUT2D eigenvalue weighted by atomic mass is 10.1. The predicted molar refractivity (Wildman–Crippen MR) is 101 cm³/mol. The molecular formula is C22H18NO4-. The zero-order chi connectivity index (χ0) is 19.4. The summed E-state index contributed by atoms with van der Waals surface area (Å²) in [7, 11) is 0. The minimum absolute atomic E-state index is 0.0490. The van der Waals surface area contributed by atoms with Gasteiger partial charge < -0.3 is 20.0 Å². The van der Waals surface area contributed by atoms with Crippen molar-refractivity contribution in [1.29, 1.82) is 0 Å². The Labute approximate surface area is 157 Å². The van der Waals surface area contributed by atoms with E-state index in [4.69, 9.17) is 4.74 Å². The number of hydrogen-bond donors (Lipinski definition) is 1. The minimum Gasteiger partial charge on any atom is -0.545 e. The predicted octanol–water partition coefficient (Wildman–Crippen LogP) is 3.71. The lowest BCUT2D eigenvalue weighted by Crippen LogP contribution is -2.26. The van der Waals surface area contributed by atoms with Gasteiger partial charge in [0.15, 0.2) is 0 Å². The van der Waals surface area contributed by atoms with Crippen molar-refractivity contribution in [2.45, 2.75) is 13.8 Å². The number of benzene rings is 3. The monoisotopic (exact) mass is 360 g/mol. The quantitative estimate of drug-likeness (QED) is 0.752. The first-order valence-corrected chi connectivity index (χ1v) is 8.41. The zero-order valence-corrected chi connectivity index (χ0v) is 15.0. The summed E-state index contributed by atoms with van der Waals surface area (Å²) in [5, 5.41) is 13.8. The standard InChI is InChI=1S/C22H19NO4/c1-14-7-10-18(13-15(14)2)27-17-11-8-16(9-12-17)23-21(24)19-5-3-4-6-20(19)22(25)26/h3-13H,1-2H3,(H,23,24)(H,25,26)/p-1. The van der Waals surface area contributed by atoms with E-state index in [0.717, 1.165) is 11.3 Å². The van der Waals surface area contributed by atoms with Gasteiger partial charge in [-0.15, -0.1) is 0 Å². The van der Waals surface area contributed by atoms with Crippen molar-refractivity contribution < 1.29 is 19.4 Å². The van der Waals surface area contributed by atoms with Gasteiger partial charge in [-0.05, 0) is 67.4 Å². The van der Waals surface area contributed by atoms with Gasteiger partial charge in [-0.1, -0.05) is 24.3 Å². The summed E-state index contributed by atoms with van der Waals surface area (Å²) in [4.78, 5) is 23.5. The smallest absolute Gasteiger partial charge is 0.256 e. The number of aromatic carboxylic acids is 1. The van der Waals surface area contributed by atoms with Crippen LogP contribution in [0.1, 0.15) is 31.8 Å². The van der Waals surface area contributed by atoms with Crippen molar-refractivity contribution in [3.63, 3.8) is 0 Å². The topological polar surface area (TPSA) is 78.5 Å². The van der Waals surface area contributed by atoms with Crippen LogP contribution in [0, 0.1) is 13.8 Å². The van der Waals surface area contributed by atoms with E-state index >= 15 is 0 Å². The van der Waals surface area contributed by atoms with E-state index in [-0.39, 0.29) is 11.1 Å². The molecule has 136 valence electrons. The Hall–Kier alpha value is -3.60. The molecule has 0 aliphatic rings. The molecule has 3 aromatic carbocycles. The van der Waals surface area contributed by atoms with Crippen molar-refractivity contribution in [2.75, 3.05) is 5.32 Å². The van der Waals surface area contributed by atoms with Gasteiger partial charge in [0.25, 0.3) is 5.91 Å². The molecule has 0 saturated carbocycles. The van der Waals surface area contributed by atoms with E-state index in [1.165, 1.54) is 17.7 Å². The number of carbonyl (C=O) groups is 2. The molecule has 0 radical (unpaired) electrons. The normalized spacial score (nSPS) is 10.3. The molecule has 0 heterocycles. The number of aryl methyl sites for hydroxylation is 2. The fourth-order valence-corrected chi connectivity index (χ4v) is 2.58. The van der Waals surface area contributed by atoms with Crippen LogP contribution in [0.2, 0.25) is 0 Å². The number of ether oxygens (including phenoxy) is 1. The van der Waals surface area contributed by atoms with Crippen LogP contribution in [0.3, 0.4) is 0 Å². The van der Waals surface area contributed by atoms with Crippen LogP contribution < -0.4 is 15.2 Å². The first-order valence-electron chi connectivity index (χ1n) is 8.41. The molecule has 5 nitrogen and oxygen atoms in total. The Morgan fingerprint density at radius 1 is 0.815 bits per heavy atom. The molecule has 5 heteroatoms. The number of carboxylic acid groups (broad SMARTS) is 1. The molecule has 0 aliphatic heterocycles. The molecule has 0 aromatic heterocycles. The summed E-state index contributed by atoms with van der Waals surface area (Å²) in [6.07, 6.45) is 0. The number of nitrogens with one attached hydrogen (secondary N) is 1. The van der Waals surface area contributed by atoms with Gasteiger partial charge in [0.2, 0.25) is 0 Å². The van der Waals surface area contributed by atoms with Crippen molar-refractivity contribution in [2.24, 2.45) is 0 Å². The Morgan fingerprint density at radius 3 is 2.07 bits per heavy atom. The van der Waals surface area contributed by atoms with Crippen LogP contribution in [0.5, 0.6) is 11.5 Å². The molecule has 0 saturated heterocycles. The lowest BCUT2D eigenvalue weighted by Gasteiger charge is -2.11. The average molecular weight is 360 g/mol. The fourth-order valence-electron chi connectivity index (χ4n) is 2.58. The van der Waals surface area contributed by atoms with E-state index in [0.29, 0.717) is 11.4 Å². The molecule has 0 fully saturated rings. The van der Waals surface area contributed by atoms with Crippen LogP contribution >= 0.6 is 0 Å². The lowest BCUT2D eigenvalue weighted by molar-refractivity contribution is -0.255. The summed E-state index contributed by atoms with van der Waals surface area (Å²) in [6.45, 7) is 4.06. The van der Waals surface area contributed by atoms with Gasteiger partial charge in [-0.3, -0.25) is 4.79 Å². The molecule has 1 amide bonds. The molecule has 0 unspecified atom stereocenters. The third-order valence-corrected chi connectivity index (χ3v) is 4.22. The summed E-state index contributed by atoms with van der Waals surface area (Å²) in [6, 6.07) is 18.6. The summed E-state index contributed by atoms with van der Waals surface area (Å²) >= 11 is 0. The number of carbonyl (C=O) groups excluding carboxylic acids is 2. The Bertz CT molecular complexity index is 993. The molecule has 0 spiro atoms. The van der Waals surface area contributed by atoms with Gasteiger partial charge in [0.05, 0.1) is 5.97 Å². The van der Waals surface area contributed by atoms with Gasteiger partial charge in [-0.2, -0.15) is 0 Å². The summed E-state index contributed by atoms with van der Waals surface area (Å²) in [5.74, 6) is -0.542. The summed E-state index contributed by atoms with van der Waals surface area (Å²) in [5.41, 5.74) is 2.76. The molecule has 0 bridgehead atoms. The maximum atomic E-state index is 12.4. The third kappa shape index (κ3) is 4.33. The van der Waals surface area contributed by atoms with E-state index in [1.807, 2.05) is 32.0 Å². The molecule has 0 atom stereocenters. The van der Waals surface area contributed by atoms with E-state index < -0.39 is 11.9 Å². The molecule has 0 aliphatic carbocycles. The Morgan fingerprint density at radius 2 is 1.44 bits per heavy atom. The number of hydrogen-bond acceptors (Lipinski definition) is 4. The number of carboxylic acids is 1. The second kappa shape index (κ2) is 7.74.